The maximum absolute atomic E-state index is 12.6. The number of benzene rings is 1. The summed E-state index contributed by atoms with van der Waals surface area (Å²) in [5.74, 6) is 0.779. The van der Waals surface area contributed by atoms with Crippen molar-refractivity contribution in [1.82, 2.24) is 0 Å². The quantitative estimate of drug-likeness (QED) is 0.743. The van der Waals surface area contributed by atoms with E-state index in [1.54, 1.807) is 12.1 Å². The van der Waals surface area contributed by atoms with Crippen molar-refractivity contribution in [1.29, 1.82) is 0 Å². The smallest absolute Gasteiger partial charge is 0.182 e. The van der Waals surface area contributed by atoms with Gasteiger partial charge < -0.3 is 9.47 Å². The first-order valence-electron chi connectivity index (χ1n) is 6.84. The summed E-state index contributed by atoms with van der Waals surface area (Å²) in [7, 11) is -3.35. The number of Topliss-reactive ketones (excluding diaryl/α,β-unsaturated/α-hetero) is 1. The van der Waals surface area contributed by atoms with Crippen LogP contribution in [0, 0.1) is 0 Å². The molecule has 2 heterocycles. The molecule has 1 fully saturated rings. The van der Waals surface area contributed by atoms with Gasteiger partial charge in [0.25, 0.3) is 0 Å². The zero-order chi connectivity index (χ0) is 15.0. The Morgan fingerprint density at radius 1 is 1.14 bits per heavy atom. The molecule has 1 atom stereocenters. The second kappa shape index (κ2) is 5.61. The molecule has 7 heteroatoms. The van der Waals surface area contributed by atoms with Crippen LogP contribution in [-0.2, 0) is 9.84 Å². The second-order valence-electron chi connectivity index (χ2n) is 5.19. The summed E-state index contributed by atoms with van der Waals surface area (Å²) in [6.45, 7) is 0.883. The molecule has 3 rings (SSSR count). The summed E-state index contributed by atoms with van der Waals surface area (Å²) in [6, 6.07) is 3.24. The highest BCUT2D eigenvalue weighted by molar-refractivity contribution is 9.10. The van der Waals surface area contributed by atoms with Crippen molar-refractivity contribution >= 4 is 31.6 Å². The molecule has 0 amide bonds. The molecule has 114 valence electrons. The van der Waals surface area contributed by atoms with Crippen molar-refractivity contribution in [3.05, 3.63) is 22.2 Å². The maximum Gasteiger partial charge on any atom is 0.182 e. The zero-order valence-electron chi connectivity index (χ0n) is 11.3. The van der Waals surface area contributed by atoms with Crippen LogP contribution in [0.25, 0.3) is 0 Å². The number of ether oxygens (including phenoxy) is 2. The average molecular weight is 375 g/mol. The van der Waals surface area contributed by atoms with Crippen molar-refractivity contribution in [2.45, 2.75) is 24.5 Å². The van der Waals surface area contributed by atoms with Gasteiger partial charge in [0, 0.05) is 10.0 Å². The molecule has 1 aromatic rings. The number of fused-ring (bicyclic) bond motifs is 1. The Kier molecular flexibility index (Phi) is 3.96. The van der Waals surface area contributed by atoms with Gasteiger partial charge in [0.1, 0.15) is 18.5 Å². The molecule has 0 saturated carbocycles. The van der Waals surface area contributed by atoms with Crippen LogP contribution in [0.15, 0.2) is 16.6 Å². The van der Waals surface area contributed by atoms with Crippen LogP contribution in [0.1, 0.15) is 29.6 Å². The van der Waals surface area contributed by atoms with E-state index in [9.17, 15) is 13.2 Å². The van der Waals surface area contributed by atoms with Crippen LogP contribution in [-0.4, -0.2) is 38.4 Å². The van der Waals surface area contributed by atoms with Gasteiger partial charge in [0.05, 0.1) is 5.75 Å². The predicted molar refractivity (Wildman–Crippen MR) is 80.9 cm³/mol. The number of carbonyl (C=O) groups excluding carboxylic acids is 1. The Balaban J connectivity index is 1.98. The van der Waals surface area contributed by atoms with Gasteiger partial charge in [-0.25, -0.2) is 8.42 Å². The second-order valence-corrected chi connectivity index (χ2v) is 8.35. The predicted octanol–water partition coefficient (Wildman–Crippen LogP) is 2.37. The van der Waals surface area contributed by atoms with Crippen LogP contribution in [0.2, 0.25) is 0 Å². The molecule has 0 spiro atoms. The summed E-state index contributed by atoms with van der Waals surface area (Å²) < 4.78 is 35.7. The minimum atomic E-state index is -3.35. The Morgan fingerprint density at radius 2 is 1.81 bits per heavy atom. The molecule has 0 bridgehead atoms. The van der Waals surface area contributed by atoms with E-state index in [2.05, 4.69) is 15.9 Å². The molecule has 21 heavy (non-hydrogen) atoms. The lowest BCUT2D eigenvalue weighted by molar-refractivity contribution is 0.0979. The van der Waals surface area contributed by atoms with E-state index >= 15 is 0 Å². The highest BCUT2D eigenvalue weighted by atomic mass is 79.9. The molecule has 1 unspecified atom stereocenters. The molecule has 0 radical (unpaired) electrons. The van der Waals surface area contributed by atoms with Crippen LogP contribution < -0.4 is 9.47 Å². The van der Waals surface area contributed by atoms with E-state index in [0.717, 1.165) is 6.42 Å². The number of hydrogen-bond acceptors (Lipinski definition) is 5. The lowest BCUT2D eigenvalue weighted by Crippen LogP contribution is -2.35. The van der Waals surface area contributed by atoms with E-state index in [1.807, 2.05) is 0 Å². The minimum absolute atomic E-state index is 0.0889. The van der Waals surface area contributed by atoms with Crippen molar-refractivity contribution in [3.8, 4) is 11.5 Å². The monoisotopic (exact) mass is 374 g/mol. The fraction of sp³-hybridized carbons (Fsp3) is 0.500. The molecular formula is C14H15BrO5S. The van der Waals surface area contributed by atoms with Crippen molar-refractivity contribution in [2.75, 3.05) is 19.0 Å². The van der Waals surface area contributed by atoms with Gasteiger partial charge in [-0.1, -0.05) is 6.42 Å². The third kappa shape index (κ3) is 2.81. The topological polar surface area (TPSA) is 69.7 Å². The molecular weight excluding hydrogens is 360 g/mol. The van der Waals surface area contributed by atoms with Crippen LogP contribution in [0.4, 0.5) is 0 Å². The fourth-order valence-corrected chi connectivity index (χ4v) is 5.06. The number of halogens is 1. The number of sulfone groups is 1. The van der Waals surface area contributed by atoms with Crippen molar-refractivity contribution in [3.63, 3.8) is 0 Å². The van der Waals surface area contributed by atoms with E-state index in [0.29, 0.717) is 47.6 Å². The van der Waals surface area contributed by atoms with E-state index in [1.165, 1.54) is 0 Å². The van der Waals surface area contributed by atoms with Gasteiger partial charge in [0.2, 0.25) is 0 Å². The van der Waals surface area contributed by atoms with E-state index < -0.39 is 15.1 Å². The average Bonchev–Trinajstić information content (AvgIpc) is 2.45. The first-order chi connectivity index (χ1) is 9.99. The van der Waals surface area contributed by atoms with Crippen LogP contribution >= 0.6 is 15.9 Å². The third-order valence-electron chi connectivity index (χ3n) is 3.77. The van der Waals surface area contributed by atoms with Crippen molar-refractivity contribution in [2.24, 2.45) is 0 Å². The Hall–Kier alpha value is -1.08. The molecule has 2 aliphatic heterocycles. The number of carbonyl (C=O) groups is 1. The molecule has 1 saturated heterocycles. The van der Waals surface area contributed by atoms with Gasteiger partial charge in [-0.3, -0.25) is 4.79 Å². The number of ketones is 1. The number of hydrogen-bond donors (Lipinski definition) is 0. The highest BCUT2D eigenvalue weighted by Gasteiger charge is 2.36. The molecule has 2 aliphatic rings. The SMILES string of the molecule is O=C(c1cc2c(cc1Br)OCCO2)C1CCCCS1(=O)=O. The molecule has 0 N–H and O–H groups in total. The largest absolute Gasteiger partial charge is 0.486 e. The third-order valence-corrected chi connectivity index (χ3v) is 6.60. The van der Waals surface area contributed by atoms with Gasteiger partial charge >= 0.3 is 0 Å². The van der Waals surface area contributed by atoms with E-state index in [4.69, 9.17) is 9.47 Å². The summed E-state index contributed by atoms with van der Waals surface area (Å²) in [5, 5.41) is -0.940. The first kappa shape index (κ1) is 14.8. The normalized spacial score (nSPS) is 23.6. The lowest BCUT2D eigenvalue weighted by Gasteiger charge is -2.23. The maximum atomic E-state index is 12.6. The lowest BCUT2D eigenvalue weighted by atomic mass is 10.0. The Bertz CT molecular complexity index is 683. The molecule has 1 aromatic carbocycles. The van der Waals surface area contributed by atoms with Gasteiger partial charge in [-0.05, 0) is 40.9 Å². The molecule has 0 aromatic heterocycles. The zero-order valence-corrected chi connectivity index (χ0v) is 13.7. The van der Waals surface area contributed by atoms with Gasteiger partial charge in [-0.15, -0.1) is 0 Å². The summed E-state index contributed by atoms with van der Waals surface area (Å²) in [4.78, 5) is 12.6. The van der Waals surface area contributed by atoms with E-state index in [-0.39, 0.29) is 11.5 Å². The summed E-state index contributed by atoms with van der Waals surface area (Å²) in [5.41, 5.74) is 0.342. The minimum Gasteiger partial charge on any atom is -0.486 e. The van der Waals surface area contributed by atoms with Crippen molar-refractivity contribution < 1.29 is 22.7 Å². The first-order valence-corrected chi connectivity index (χ1v) is 9.35. The standard InChI is InChI=1S/C14H15BrO5S/c15-10-8-12-11(19-4-5-20-12)7-9(10)14(16)13-3-1-2-6-21(13,17)18/h7-8,13H,1-6H2. The summed E-state index contributed by atoms with van der Waals surface area (Å²) in [6.07, 6.45) is 1.79. The summed E-state index contributed by atoms with van der Waals surface area (Å²) >= 11 is 3.33. The Morgan fingerprint density at radius 3 is 2.48 bits per heavy atom. The van der Waals surface area contributed by atoms with Gasteiger partial charge in [0.15, 0.2) is 27.1 Å². The van der Waals surface area contributed by atoms with Gasteiger partial charge in [-0.2, -0.15) is 0 Å². The van der Waals surface area contributed by atoms with Crippen LogP contribution in [0.5, 0.6) is 11.5 Å². The van der Waals surface area contributed by atoms with Crippen LogP contribution in [0.3, 0.4) is 0 Å². The molecule has 5 nitrogen and oxygen atoms in total. The highest BCUT2D eigenvalue weighted by Crippen LogP contribution is 2.37. The molecule has 0 aliphatic carbocycles. The Labute approximate surface area is 131 Å². The fourth-order valence-electron chi connectivity index (χ4n) is 2.68. The number of rotatable bonds is 2.